The van der Waals surface area contributed by atoms with Crippen LogP contribution in [-0.2, 0) is 11.3 Å². The van der Waals surface area contributed by atoms with Gasteiger partial charge in [-0.2, -0.15) is 0 Å². The van der Waals surface area contributed by atoms with E-state index in [1.165, 1.54) is 6.07 Å². The van der Waals surface area contributed by atoms with Crippen molar-refractivity contribution in [1.82, 2.24) is 4.90 Å². The van der Waals surface area contributed by atoms with Gasteiger partial charge in [0.25, 0.3) is 0 Å². The molecule has 4 nitrogen and oxygen atoms in total. The van der Waals surface area contributed by atoms with Crippen molar-refractivity contribution in [3.8, 4) is 0 Å². The van der Waals surface area contributed by atoms with Crippen molar-refractivity contribution >= 4 is 5.84 Å². The molecule has 0 spiro atoms. The first-order chi connectivity index (χ1) is 8.56. The predicted octanol–water partition coefficient (Wildman–Crippen LogP) is 1.27. The monoisotopic (exact) mass is 251 g/mol. The van der Waals surface area contributed by atoms with Crippen molar-refractivity contribution < 1.29 is 9.13 Å². The first-order valence-corrected chi connectivity index (χ1v) is 5.99. The molecule has 3 N–H and O–H groups in total. The van der Waals surface area contributed by atoms with Gasteiger partial charge in [-0.15, -0.1) is 0 Å². The number of nitrogens with one attached hydrogen (secondary N) is 1. The van der Waals surface area contributed by atoms with Crippen LogP contribution in [-0.4, -0.2) is 36.5 Å². The Labute approximate surface area is 106 Å². The molecule has 0 aromatic heterocycles. The Bertz CT molecular complexity index is 450. The lowest BCUT2D eigenvalue weighted by atomic mass is 10.1. The molecule has 1 aromatic rings. The lowest BCUT2D eigenvalue weighted by Crippen LogP contribution is -2.47. The molecule has 98 valence electrons. The van der Waals surface area contributed by atoms with Crippen LogP contribution in [0.5, 0.6) is 0 Å². The topological polar surface area (TPSA) is 62.3 Å². The molecule has 1 unspecified atom stereocenters. The van der Waals surface area contributed by atoms with Crippen LogP contribution >= 0.6 is 0 Å². The minimum atomic E-state index is -0.340. The van der Waals surface area contributed by atoms with Crippen LogP contribution in [0.4, 0.5) is 4.39 Å². The Morgan fingerprint density at radius 2 is 2.39 bits per heavy atom. The van der Waals surface area contributed by atoms with Gasteiger partial charge in [-0.3, -0.25) is 10.3 Å². The second-order valence-electron chi connectivity index (χ2n) is 4.62. The van der Waals surface area contributed by atoms with Gasteiger partial charge in [0.05, 0.1) is 6.61 Å². The van der Waals surface area contributed by atoms with Gasteiger partial charge in [0.1, 0.15) is 17.8 Å². The van der Waals surface area contributed by atoms with E-state index in [0.717, 1.165) is 17.7 Å². The second kappa shape index (κ2) is 5.46. The zero-order valence-corrected chi connectivity index (χ0v) is 10.4. The molecule has 0 saturated carbocycles. The largest absolute Gasteiger partial charge is 0.385 e. The fourth-order valence-corrected chi connectivity index (χ4v) is 2.09. The first kappa shape index (κ1) is 13.0. The highest BCUT2D eigenvalue weighted by Crippen LogP contribution is 2.15. The van der Waals surface area contributed by atoms with Crippen LogP contribution in [0.1, 0.15) is 11.1 Å². The SMILES string of the molecule is Cc1ccc(F)cc1CN1CCOC(C(=N)N)C1. The summed E-state index contributed by atoms with van der Waals surface area (Å²) in [5, 5.41) is 7.40. The molecule has 0 amide bonds. The summed E-state index contributed by atoms with van der Waals surface area (Å²) in [5.74, 6) is -0.164. The Kier molecular flexibility index (Phi) is 3.93. The summed E-state index contributed by atoms with van der Waals surface area (Å²) in [7, 11) is 0. The van der Waals surface area contributed by atoms with E-state index < -0.39 is 0 Å². The summed E-state index contributed by atoms with van der Waals surface area (Å²) in [5.41, 5.74) is 7.49. The van der Waals surface area contributed by atoms with E-state index in [1.54, 1.807) is 12.1 Å². The third-order valence-electron chi connectivity index (χ3n) is 3.20. The Morgan fingerprint density at radius 1 is 1.61 bits per heavy atom. The minimum Gasteiger partial charge on any atom is -0.385 e. The van der Waals surface area contributed by atoms with E-state index in [0.29, 0.717) is 19.7 Å². The summed E-state index contributed by atoms with van der Waals surface area (Å²) in [6.45, 7) is 4.55. The van der Waals surface area contributed by atoms with Crippen LogP contribution < -0.4 is 5.73 Å². The van der Waals surface area contributed by atoms with Crippen molar-refractivity contribution in [2.24, 2.45) is 5.73 Å². The normalized spacial score (nSPS) is 20.9. The highest BCUT2D eigenvalue weighted by Gasteiger charge is 2.22. The van der Waals surface area contributed by atoms with E-state index in [4.69, 9.17) is 15.9 Å². The van der Waals surface area contributed by atoms with Crippen molar-refractivity contribution in [3.05, 3.63) is 35.1 Å². The molecule has 5 heteroatoms. The lowest BCUT2D eigenvalue weighted by molar-refractivity contribution is 0.00227. The van der Waals surface area contributed by atoms with E-state index in [2.05, 4.69) is 4.90 Å². The highest BCUT2D eigenvalue weighted by molar-refractivity contribution is 5.82. The van der Waals surface area contributed by atoms with Gasteiger partial charge in [-0.1, -0.05) is 6.07 Å². The number of nitrogens with zero attached hydrogens (tertiary/aromatic N) is 1. The number of benzene rings is 1. The molecule has 1 aliphatic heterocycles. The van der Waals surface area contributed by atoms with Crippen molar-refractivity contribution in [2.45, 2.75) is 19.6 Å². The average Bonchev–Trinajstić information content (AvgIpc) is 2.34. The predicted molar refractivity (Wildman–Crippen MR) is 68.1 cm³/mol. The molecule has 18 heavy (non-hydrogen) atoms. The first-order valence-electron chi connectivity index (χ1n) is 5.99. The maximum absolute atomic E-state index is 13.2. The molecule has 1 atom stereocenters. The Morgan fingerprint density at radius 3 is 3.11 bits per heavy atom. The fraction of sp³-hybridized carbons (Fsp3) is 0.462. The summed E-state index contributed by atoms with van der Waals surface area (Å²) in [6.07, 6.45) is -0.340. The number of amidine groups is 1. The standard InChI is InChI=1S/C13H18FN3O/c1-9-2-3-11(14)6-10(9)7-17-4-5-18-12(8-17)13(15)16/h2-3,6,12H,4-5,7-8H2,1H3,(H3,15,16). The number of morpholine rings is 1. The van der Waals surface area contributed by atoms with Crippen LogP contribution in [0.25, 0.3) is 0 Å². The van der Waals surface area contributed by atoms with Crippen molar-refractivity contribution in [2.75, 3.05) is 19.7 Å². The van der Waals surface area contributed by atoms with Crippen LogP contribution in [0.15, 0.2) is 18.2 Å². The van der Waals surface area contributed by atoms with Crippen LogP contribution in [0.2, 0.25) is 0 Å². The number of ether oxygens (including phenoxy) is 1. The van der Waals surface area contributed by atoms with Crippen LogP contribution in [0.3, 0.4) is 0 Å². The fourth-order valence-electron chi connectivity index (χ4n) is 2.09. The molecule has 0 bridgehead atoms. The minimum absolute atomic E-state index is 0.0515. The molecule has 1 aliphatic rings. The van der Waals surface area contributed by atoms with Gasteiger partial charge >= 0.3 is 0 Å². The molecule has 0 aliphatic carbocycles. The number of rotatable bonds is 3. The van der Waals surface area contributed by atoms with Gasteiger partial charge in [-0.25, -0.2) is 4.39 Å². The third-order valence-corrected chi connectivity index (χ3v) is 3.20. The number of hydrogen-bond acceptors (Lipinski definition) is 3. The summed E-state index contributed by atoms with van der Waals surface area (Å²) in [6, 6.07) is 4.82. The van der Waals surface area contributed by atoms with Gasteiger partial charge in [0.2, 0.25) is 0 Å². The van der Waals surface area contributed by atoms with E-state index >= 15 is 0 Å². The van der Waals surface area contributed by atoms with E-state index in [1.807, 2.05) is 6.92 Å². The Hall–Kier alpha value is -1.46. The van der Waals surface area contributed by atoms with Gasteiger partial charge in [-0.05, 0) is 30.2 Å². The Balaban J connectivity index is 2.04. The molecule has 1 heterocycles. The molecular weight excluding hydrogens is 233 g/mol. The lowest BCUT2D eigenvalue weighted by Gasteiger charge is -2.32. The molecule has 1 fully saturated rings. The highest BCUT2D eigenvalue weighted by atomic mass is 19.1. The number of nitrogens with two attached hydrogens (primary N) is 1. The molecule has 1 saturated heterocycles. The zero-order valence-electron chi connectivity index (χ0n) is 10.4. The maximum atomic E-state index is 13.2. The number of halogens is 1. The summed E-state index contributed by atoms with van der Waals surface area (Å²) < 4.78 is 18.6. The van der Waals surface area contributed by atoms with Gasteiger partial charge in [0.15, 0.2) is 0 Å². The number of aryl methyl sites for hydroxylation is 1. The van der Waals surface area contributed by atoms with Crippen LogP contribution in [0, 0.1) is 18.2 Å². The maximum Gasteiger partial charge on any atom is 0.127 e. The zero-order chi connectivity index (χ0) is 13.1. The smallest absolute Gasteiger partial charge is 0.127 e. The van der Waals surface area contributed by atoms with E-state index in [-0.39, 0.29) is 17.8 Å². The van der Waals surface area contributed by atoms with Crippen molar-refractivity contribution in [3.63, 3.8) is 0 Å². The summed E-state index contributed by atoms with van der Waals surface area (Å²) >= 11 is 0. The second-order valence-corrected chi connectivity index (χ2v) is 4.62. The molecule has 1 aromatic carbocycles. The van der Waals surface area contributed by atoms with Crippen molar-refractivity contribution in [1.29, 1.82) is 5.41 Å². The quantitative estimate of drug-likeness (QED) is 0.628. The molecule has 0 radical (unpaired) electrons. The van der Waals surface area contributed by atoms with E-state index in [9.17, 15) is 4.39 Å². The average molecular weight is 251 g/mol. The van der Waals surface area contributed by atoms with Gasteiger partial charge < -0.3 is 10.5 Å². The third kappa shape index (κ3) is 3.05. The summed E-state index contributed by atoms with van der Waals surface area (Å²) in [4.78, 5) is 2.14. The molecular formula is C13H18FN3O. The molecule has 2 rings (SSSR count). The number of hydrogen-bond donors (Lipinski definition) is 2. The van der Waals surface area contributed by atoms with Gasteiger partial charge in [0, 0.05) is 19.6 Å².